The molecule has 0 saturated heterocycles. The van der Waals surface area contributed by atoms with Gasteiger partial charge in [-0.2, -0.15) is 8.78 Å². The van der Waals surface area contributed by atoms with Crippen LogP contribution in [0.5, 0.6) is 5.75 Å². The Morgan fingerprint density at radius 3 is 2.47 bits per heavy atom. The van der Waals surface area contributed by atoms with Crippen LogP contribution < -0.4 is 10.1 Å². The van der Waals surface area contributed by atoms with Crippen molar-refractivity contribution in [2.24, 2.45) is 5.92 Å². The van der Waals surface area contributed by atoms with Gasteiger partial charge in [-0.1, -0.05) is 25.4 Å². The summed E-state index contributed by atoms with van der Waals surface area (Å²) in [5, 5.41) is 2.73. The van der Waals surface area contributed by atoms with Crippen molar-refractivity contribution in [1.82, 2.24) is 0 Å². The minimum atomic E-state index is -2.93. The molecule has 1 rings (SSSR count). The van der Waals surface area contributed by atoms with Crippen molar-refractivity contribution in [3.63, 3.8) is 0 Å². The van der Waals surface area contributed by atoms with Crippen LogP contribution in [-0.2, 0) is 4.79 Å². The van der Waals surface area contributed by atoms with Gasteiger partial charge in [0.05, 0.1) is 5.02 Å². The molecule has 0 saturated carbocycles. The first-order valence-electron chi connectivity index (χ1n) is 6.03. The average Bonchev–Trinajstić information content (AvgIpc) is 2.33. The number of ether oxygens (including phenoxy) is 1. The number of hydrogen-bond donors (Lipinski definition) is 1. The van der Waals surface area contributed by atoms with E-state index in [0.717, 1.165) is 12.8 Å². The second-order valence-corrected chi connectivity index (χ2v) is 4.43. The predicted octanol–water partition coefficient (Wildman–Crippen LogP) is 4.32. The van der Waals surface area contributed by atoms with Crippen LogP contribution in [0.15, 0.2) is 18.2 Å². The molecule has 0 heterocycles. The number of alkyl halides is 2. The number of carbonyl (C=O) groups is 1. The third-order valence-corrected chi connectivity index (χ3v) is 3.07. The van der Waals surface area contributed by atoms with E-state index in [1.807, 2.05) is 13.8 Å². The maximum Gasteiger partial charge on any atom is 0.387 e. The molecule has 0 atom stereocenters. The van der Waals surface area contributed by atoms with Crippen LogP contribution >= 0.6 is 11.6 Å². The third kappa shape index (κ3) is 4.67. The van der Waals surface area contributed by atoms with Gasteiger partial charge in [0.1, 0.15) is 5.75 Å². The molecule has 0 unspecified atom stereocenters. The van der Waals surface area contributed by atoms with E-state index in [2.05, 4.69) is 10.1 Å². The topological polar surface area (TPSA) is 38.3 Å². The van der Waals surface area contributed by atoms with Crippen LogP contribution in [0, 0.1) is 5.92 Å². The summed E-state index contributed by atoms with van der Waals surface area (Å²) < 4.78 is 28.3. The van der Waals surface area contributed by atoms with Crippen molar-refractivity contribution < 1.29 is 18.3 Å². The van der Waals surface area contributed by atoms with Crippen LogP contribution in [0.4, 0.5) is 14.5 Å². The van der Waals surface area contributed by atoms with Crippen LogP contribution in [-0.4, -0.2) is 12.5 Å². The van der Waals surface area contributed by atoms with Gasteiger partial charge in [-0.3, -0.25) is 4.79 Å². The molecule has 1 amide bonds. The summed E-state index contributed by atoms with van der Waals surface area (Å²) in [4.78, 5) is 11.8. The van der Waals surface area contributed by atoms with E-state index in [-0.39, 0.29) is 22.6 Å². The number of carbonyl (C=O) groups excluding carboxylic acids is 1. The summed E-state index contributed by atoms with van der Waals surface area (Å²) in [6.07, 6.45) is 1.48. The smallest absolute Gasteiger partial charge is 0.387 e. The van der Waals surface area contributed by atoms with E-state index in [4.69, 9.17) is 11.6 Å². The zero-order valence-electron chi connectivity index (χ0n) is 10.8. The van der Waals surface area contributed by atoms with E-state index in [9.17, 15) is 13.6 Å². The predicted molar refractivity (Wildman–Crippen MR) is 70.8 cm³/mol. The Bertz CT molecular complexity index is 437. The molecule has 19 heavy (non-hydrogen) atoms. The largest absolute Gasteiger partial charge is 0.433 e. The van der Waals surface area contributed by atoms with Gasteiger partial charge < -0.3 is 10.1 Å². The second-order valence-electron chi connectivity index (χ2n) is 4.03. The molecular weight excluding hydrogens is 276 g/mol. The number of halogens is 3. The molecule has 0 bridgehead atoms. The lowest BCUT2D eigenvalue weighted by Crippen LogP contribution is -2.21. The Balaban J connectivity index is 2.75. The van der Waals surface area contributed by atoms with Gasteiger partial charge in [0, 0.05) is 11.6 Å². The highest BCUT2D eigenvalue weighted by Crippen LogP contribution is 2.29. The van der Waals surface area contributed by atoms with Gasteiger partial charge >= 0.3 is 6.61 Å². The molecule has 106 valence electrons. The van der Waals surface area contributed by atoms with Crippen molar-refractivity contribution >= 4 is 23.2 Å². The van der Waals surface area contributed by atoms with Gasteiger partial charge in [0.2, 0.25) is 5.91 Å². The molecule has 1 aromatic carbocycles. The Hall–Kier alpha value is -1.36. The highest BCUT2D eigenvalue weighted by Gasteiger charge is 2.15. The normalized spacial score (nSPS) is 10.9. The van der Waals surface area contributed by atoms with Crippen molar-refractivity contribution in [2.45, 2.75) is 33.3 Å². The standard InChI is InChI=1S/C13H16ClF2NO2/c1-3-8(4-2)12(18)17-9-5-6-11(10(14)7-9)19-13(15)16/h5-8,13H,3-4H2,1-2H3,(H,17,18). The summed E-state index contributed by atoms with van der Waals surface area (Å²) in [5.41, 5.74) is 0.462. The van der Waals surface area contributed by atoms with E-state index >= 15 is 0 Å². The minimum Gasteiger partial charge on any atom is -0.433 e. The molecule has 3 nitrogen and oxygen atoms in total. The van der Waals surface area contributed by atoms with Gasteiger partial charge in [-0.05, 0) is 31.0 Å². The van der Waals surface area contributed by atoms with Crippen molar-refractivity contribution in [2.75, 3.05) is 5.32 Å². The number of nitrogens with one attached hydrogen (secondary N) is 1. The Morgan fingerprint density at radius 2 is 2.00 bits per heavy atom. The first-order chi connectivity index (χ1) is 8.97. The number of amides is 1. The summed E-state index contributed by atoms with van der Waals surface area (Å²) in [6.45, 7) is 0.933. The molecule has 1 N–H and O–H groups in total. The van der Waals surface area contributed by atoms with Crippen LogP contribution in [0.25, 0.3) is 0 Å². The Labute approximate surface area is 115 Å². The summed E-state index contributed by atoms with van der Waals surface area (Å²) >= 11 is 5.79. The fourth-order valence-corrected chi connectivity index (χ4v) is 1.90. The van der Waals surface area contributed by atoms with Gasteiger partial charge in [-0.25, -0.2) is 0 Å². The second kappa shape index (κ2) is 7.28. The Morgan fingerprint density at radius 1 is 1.37 bits per heavy atom. The number of benzene rings is 1. The molecule has 0 radical (unpaired) electrons. The lowest BCUT2D eigenvalue weighted by Gasteiger charge is -2.14. The SMILES string of the molecule is CCC(CC)C(=O)Nc1ccc(OC(F)F)c(Cl)c1. The van der Waals surface area contributed by atoms with Crippen molar-refractivity contribution in [1.29, 1.82) is 0 Å². The van der Waals surface area contributed by atoms with Crippen LogP contribution in [0.1, 0.15) is 26.7 Å². The van der Waals surface area contributed by atoms with E-state index in [1.165, 1.54) is 18.2 Å². The third-order valence-electron chi connectivity index (χ3n) is 2.77. The van der Waals surface area contributed by atoms with Gasteiger partial charge in [0.15, 0.2) is 0 Å². The summed E-state index contributed by atoms with van der Waals surface area (Å²) in [5.74, 6) is -0.295. The maximum absolute atomic E-state index is 12.1. The molecule has 0 aromatic heterocycles. The zero-order valence-corrected chi connectivity index (χ0v) is 11.5. The summed E-state index contributed by atoms with van der Waals surface area (Å²) in [7, 11) is 0. The first kappa shape index (κ1) is 15.7. The zero-order chi connectivity index (χ0) is 14.4. The Kier molecular flexibility index (Phi) is 6.02. The first-order valence-corrected chi connectivity index (χ1v) is 6.40. The molecule has 6 heteroatoms. The molecule has 1 aromatic rings. The van der Waals surface area contributed by atoms with Crippen molar-refractivity contribution in [3.05, 3.63) is 23.2 Å². The minimum absolute atomic E-state index is 0.0302. The van der Waals surface area contributed by atoms with Crippen LogP contribution in [0.2, 0.25) is 5.02 Å². The molecule has 0 aliphatic rings. The van der Waals surface area contributed by atoms with Crippen molar-refractivity contribution in [3.8, 4) is 5.75 Å². The van der Waals surface area contributed by atoms with Gasteiger partial charge in [0.25, 0.3) is 0 Å². The number of anilines is 1. The average molecular weight is 292 g/mol. The highest BCUT2D eigenvalue weighted by molar-refractivity contribution is 6.32. The summed E-state index contributed by atoms with van der Waals surface area (Å²) in [6, 6.07) is 4.17. The fraction of sp³-hybridized carbons (Fsp3) is 0.462. The number of hydrogen-bond acceptors (Lipinski definition) is 2. The molecule has 0 spiro atoms. The fourth-order valence-electron chi connectivity index (χ4n) is 1.67. The highest BCUT2D eigenvalue weighted by atomic mass is 35.5. The molecular formula is C13H16ClF2NO2. The lowest BCUT2D eigenvalue weighted by atomic mass is 10.0. The maximum atomic E-state index is 12.1. The molecule has 0 aliphatic heterocycles. The lowest BCUT2D eigenvalue weighted by molar-refractivity contribution is -0.120. The molecule has 0 aliphatic carbocycles. The van der Waals surface area contributed by atoms with Gasteiger partial charge in [-0.15, -0.1) is 0 Å². The van der Waals surface area contributed by atoms with Crippen LogP contribution in [0.3, 0.4) is 0 Å². The number of rotatable bonds is 6. The monoisotopic (exact) mass is 291 g/mol. The van der Waals surface area contributed by atoms with E-state index < -0.39 is 6.61 Å². The van der Waals surface area contributed by atoms with E-state index in [0.29, 0.717) is 5.69 Å². The quantitative estimate of drug-likeness (QED) is 0.848. The van der Waals surface area contributed by atoms with E-state index in [1.54, 1.807) is 0 Å². The molecule has 0 fully saturated rings.